The zero-order valence-corrected chi connectivity index (χ0v) is 14.3. The van der Waals surface area contributed by atoms with E-state index in [0.717, 1.165) is 5.69 Å². The fraction of sp³-hybridized carbons (Fsp3) is 0.188. The fourth-order valence-corrected chi connectivity index (χ4v) is 3.58. The van der Waals surface area contributed by atoms with Gasteiger partial charge in [-0.1, -0.05) is 12.1 Å². The SMILES string of the molecule is COc1ccccc1NS(=O)(=O)c1cc(-c2cc(C)[nH]n2)oc1C. The van der Waals surface area contributed by atoms with Gasteiger partial charge in [-0.25, -0.2) is 8.42 Å². The van der Waals surface area contributed by atoms with Crippen molar-refractivity contribution >= 4 is 15.7 Å². The largest absolute Gasteiger partial charge is 0.495 e. The number of sulfonamides is 1. The molecule has 8 heteroatoms. The van der Waals surface area contributed by atoms with E-state index in [1.165, 1.54) is 13.2 Å². The van der Waals surface area contributed by atoms with E-state index < -0.39 is 10.0 Å². The second kappa shape index (κ2) is 6.04. The van der Waals surface area contributed by atoms with Gasteiger partial charge >= 0.3 is 0 Å². The molecule has 0 unspecified atom stereocenters. The zero-order valence-electron chi connectivity index (χ0n) is 13.5. The summed E-state index contributed by atoms with van der Waals surface area (Å²) in [5.41, 5.74) is 1.77. The molecule has 2 N–H and O–H groups in total. The highest BCUT2D eigenvalue weighted by molar-refractivity contribution is 7.92. The molecule has 3 aromatic rings. The van der Waals surface area contributed by atoms with E-state index in [1.54, 1.807) is 37.3 Å². The number of H-pyrrole nitrogens is 1. The number of aryl methyl sites for hydroxylation is 2. The lowest BCUT2D eigenvalue weighted by molar-refractivity contribution is 0.417. The van der Waals surface area contributed by atoms with Crippen LogP contribution in [0, 0.1) is 13.8 Å². The van der Waals surface area contributed by atoms with E-state index in [4.69, 9.17) is 9.15 Å². The van der Waals surface area contributed by atoms with Crippen LogP contribution in [0.1, 0.15) is 11.5 Å². The molecular formula is C16H17N3O4S. The number of aromatic nitrogens is 2. The number of anilines is 1. The molecule has 0 aliphatic heterocycles. The van der Waals surface area contributed by atoms with Crippen LogP contribution >= 0.6 is 0 Å². The third-order valence-electron chi connectivity index (χ3n) is 3.47. The summed E-state index contributed by atoms with van der Waals surface area (Å²) in [5.74, 6) is 1.11. The van der Waals surface area contributed by atoms with Crippen molar-refractivity contribution < 1.29 is 17.6 Å². The Labute approximate surface area is 139 Å². The monoisotopic (exact) mass is 347 g/mol. The molecule has 2 heterocycles. The molecule has 0 aliphatic carbocycles. The topological polar surface area (TPSA) is 97.2 Å². The maximum Gasteiger partial charge on any atom is 0.265 e. The Balaban J connectivity index is 1.97. The predicted molar refractivity (Wildman–Crippen MR) is 89.6 cm³/mol. The van der Waals surface area contributed by atoms with Crippen LogP contribution < -0.4 is 9.46 Å². The van der Waals surface area contributed by atoms with Gasteiger partial charge in [-0.3, -0.25) is 9.82 Å². The molecule has 0 saturated heterocycles. The lowest BCUT2D eigenvalue weighted by Crippen LogP contribution is -2.13. The highest BCUT2D eigenvalue weighted by Gasteiger charge is 2.24. The van der Waals surface area contributed by atoms with E-state index >= 15 is 0 Å². The molecule has 1 aromatic carbocycles. The van der Waals surface area contributed by atoms with Crippen LogP contribution in [0.3, 0.4) is 0 Å². The first kappa shape index (κ1) is 16.1. The third-order valence-corrected chi connectivity index (χ3v) is 4.94. The minimum absolute atomic E-state index is 0.0593. The molecular weight excluding hydrogens is 330 g/mol. The molecule has 3 rings (SSSR count). The molecule has 0 bridgehead atoms. The summed E-state index contributed by atoms with van der Waals surface area (Å²) >= 11 is 0. The van der Waals surface area contributed by atoms with Gasteiger partial charge in [-0.15, -0.1) is 0 Å². The molecule has 0 spiro atoms. The van der Waals surface area contributed by atoms with Crippen molar-refractivity contribution in [3.8, 4) is 17.2 Å². The number of nitrogens with zero attached hydrogens (tertiary/aromatic N) is 1. The van der Waals surface area contributed by atoms with Gasteiger partial charge in [0, 0.05) is 11.8 Å². The van der Waals surface area contributed by atoms with Crippen LogP contribution in [-0.2, 0) is 10.0 Å². The zero-order chi connectivity index (χ0) is 17.3. The highest BCUT2D eigenvalue weighted by Crippen LogP contribution is 2.31. The molecule has 0 saturated carbocycles. The first-order chi connectivity index (χ1) is 11.4. The number of benzene rings is 1. The number of methoxy groups -OCH3 is 1. The molecule has 126 valence electrons. The summed E-state index contributed by atoms with van der Waals surface area (Å²) in [4.78, 5) is 0.0593. The number of aromatic amines is 1. The first-order valence-corrected chi connectivity index (χ1v) is 8.67. The summed E-state index contributed by atoms with van der Waals surface area (Å²) in [5, 5.41) is 6.88. The summed E-state index contributed by atoms with van der Waals surface area (Å²) in [7, 11) is -2.34. The van der Waals surface area contributed by atoms with E-state index in [1.807, 2.05) is 6.92 Å². The molecule has 24 heavy (non-hydrogen) atoms. The Kier molecular flexibility index (Phi) is 4.06. The van der Waals surface area contributed by atoms with Gasteiger partial charge in [-0.05, 0) is 32.0 Å². The normalized spacial score (nSPS) is 11.5. The molecule has 7 nitrogen and oxygen atoms in total. The maximum atomic E-state index is 12.7. The number of furan rings is 1. The van der Waals surface area contributed by atoms with Gasteiger partial charge in [0.15, 0.2) is 5.76 Å². The van der Waals surface area contributed by atoms with Crippen molar-refractivity contribution in [3.05, 3.63) is 47.9 Å². The van der Waals surface area contributed by atoms with Crippen molar-refractivity contribution in [3.63, 3.8) is 0 Å². The van der Waals surface area contributed by atoms with E-state index in [2.05, 4.69) is 14.9 Å². The molecule has 2 aromatic heterocycles. The number of hydrogen-bond acceptors (Lipinski definition) is 5. The molecule has 0 fully saturated rings. The molecule has 0 amide bonds. The number of hydrogen-bond donors (Lipinski definition) is 2. The maximum absolute atomic E-state index is 12.7. The average Bonchev–Trinajstić information content (AvgIpc) is 3.13. The molecule has 0 radical (unpaired) electrons. The number of ether oxygens (including phenoxy) is 1. The highest BCUT2D eigenvalue weighted by atomic mass is 32.2. The van der Waals surface area contributed by atoms with Crippen LogP contribution in [0.4, 0.5) is 5.69 Å². The van der Waals surface area contributed by atoms with Crippen molar-refractivity contribution in [1.29, 1.82) is 0 Å². The summed E-state index contributed by atoms with van der Waals surface area (Å²) < 4.78 is 38.6. The van der Waals surface area contributed by atoms with Gasteiger partial charge < -0.3 is 9.15 Å². The Morgan fingerprint density at radius 1 is 1.21 bits per heavy atom. The number of para-hydroxylation sites is 2. The van der Waals surface area contributed by atoms with Crippen LogP contribution in [-0.4, -0.2) is 25.7 Å². The van der Waals surface area contributed by atoms with Crippen molar-refractivity contribution in [1.82, 2.24) is 10.2 Å². The standard InChI is InChI=1S/C16H17N3O4S/c1-10-8-13(18-17-10)15-9-16(11(2)23-15)24(20,21)19-12-6-4-5-7-14(12)22-3/h4-9,19H,1-3H3,(H,17,18). The minimum atomic E-state index is -3.82. The Morgan fingerprint density at radius 3 is 2.62 bits per heavy atom. The van der Waals surface area contributed by atoms with E-state index in [0.29, 0.717) is 22.9 Å². The van der Waals surface area contributed by atoms with Gasteiger partial charge in [0.1, 0.15) is 22.1 Å². The van der Waals surface area contributed by atoms with Crippen molar-refractivity contribution in [2.75, 3.05) is 11.8 Å². The molecule has 0 atom stereocenters. The number of nitrogens with one attached hydrogen (secondary N) is 2. The Morgan fingerprint density at radius 2 is 1.96 bits per heavy atom. The van der Waals surface area contributed by atoms with Crippen LogP contribution in [0.5, 0.6) is 5.75 Å². The minimum Gasteiger partial charge on any atom is -0.495 e. The Hall–Kier alpha value is -2.74. The van der Waals surface area contributed by atoms with Crippen molar-refractivity contribution in [2.45, 2.75) is 18.7 Å². The lowest BCUT2D eigenvalue weighted by atomic mass is 10.3. The lowest BCUT2D eigenvalue weighted by Gasteiger charge is -2.10. The quantitative estimate of drug-likeness (QED) is 0.739. The third kappa shape index (κ3) is 3.00. The second-order valence-electron chi connectivity index (χ2n) is 5.27. The number of rotatable bonds is 5. The van der Waals surface area contributed by atoms with E-state index in [-0.39, 0.29) is 10.7 Å². The van der Waals surface area contributed by atoms with Gasteiger partial charge in [0.2, 0.25) is 0 Å². The molecule has 0 aliphatic rings. The van der Waals surface area contributed by atoms with E-state index in [9.17, 15) is 8.42 Å². The Bertz CT molecular complexity index is 973. The average molecular weight is 347 g/mol. The fourth-order valence-electron chi connectivity index (χ4n) is 2.33. The summed E-state index contributed by atoms with van der Waals surface area (Å²) in [6.45, 7) is 3.45. The smallest absolute Gasteiger partial charge is 0.265 e. The second-order valence-corrected chi connectivity index (χ2v) is 6.92. The summed E-state index contributed by atoms with van der Waals surface area (Å²) in [6, 6.07) is 10.0. The van der Waals surface area contributed by atoms with Crippen LogP contribution in [0.2, 0.25) is 0 Å². The van der Waals surface area contributed by atoms with Crippen molar-refractivity contribution in [2.24, 2.45) is 0 Å². The van der Waals surface area contributed by atoms with Crippen LogP contribution in [0.15, 0.2) is 45.7 Å². The summed E-state index contributed by atoms with van der Waals surface area (Å²) in [6.07, 6.45) is 0. The van der Waals surface area contributed by atoms with Gasteiger partial charge in [0.25, 0.3) is 10.0 Å². The van der Waals surface area contributed by atoms with Gasteiger partial charge in [-0.2, -0.15) is 5.10 Å². The first-order valence-electron chi connectivity index (χ1n) is 7.19. The van der Waals surface area contributed by atoms with Gasteiger partial charge in [0.05, 0.1) is 12.8 Å². The van der Waals surface area contributed by atoms with Crippen LogP contribution in [0.25, 0.3) is 11.5 Å². The predicted octanol–water partition coefficient (Wildman–Crippen LogP) is 3.10.